The van der Waals surface area contributed by atoms with Crippen LogP contribution in [0.1, 0.15) is 25.6 Å². The van der Waals surface area contributed by atoms with Gasteiger partial charge in [0.1, 0.15) is 5.69 Å². The average molecular weight is 402 g/mol. The number of benzene rings is 2. The lowest BCUT2D eigenvalue weighted by atomic mass is 10.1. The van der Waals surface area contributed by atoms with E-state index in [0.717, 1.165) is 16.8 Å². The predicted molar refractivity (Wildman–Crippen MR) is 113 cm³/mol. The number of hydrazine groups is 1. The Bertz CT molecular complexity index is 1150. The fourth-order valence-electron chi connectivity index (χ4n) is 2.91. The van der Waals surface area contributed by atoms with Gasteiger partial charge in [-0.1, -0.05) is 48.0 Å². The molecule has 4 rings (SSSR count). The largest absolute Gasteiger partial charge is 0.279 e. The summed E-state index contributed by atoms with van der Waals surface area (Å²) in [5.74, 6) is -0.797. The maximum absolute atomic E-state index is 12.9. The van der Waals surface area contributed by atoms with Gasteiger partial charge in [-0.05, 0) is 36.6 Å². The summed E-state index contributed by atoms with van der Waals surface area (Å²) in [6.45, 7) is 1.98. The predicted octanol–water partition coefficient (Wildman–Crippen LogP) is 3.98. The van der Waals surface area contributed by atoms with E-state index in [4.69, 9.17) is 0 Å². The lowest BCUT2D eigenvalue weighted by molar-refractivity contribution is 0.0849. The van der Waals surface area contributed by atoms with Gasteiger partial charge in [0.15, 0.2) is 0 Å². The zero-order valence-corrected chi connectivity index (χ0v) is 16.4. The molecule has 0 unspecified atom stereocenters. The molecule has 0 saturated carbocycles. The maximum atomic E-state index is 12.9. The number of para-hydroxylation sites is 1. The molecular weight excluding hydrogens is 384 g/mol. The number of amides is 2. The number of nitrogens with one attached hydrogen (secondary N) is 2. The van der Waals surface area contributed by atoms with Gasteiger partial charge >= 0.3 is 0 Å². The van der Waals surface area contributed by atoms with Crippen LogP contribution in [-0.4, -0.2) is 21.6 Å². The number of aromatic nitrogens is 2. The molecule has 0 aliphatic carbocycles. The van der Waals surface area contributed by atoms with Crippen molar-refractivity contribution in [1.82, 2.24) is 20.6 Å². The molecule has 2 aromatic carbocycles. The van der Waals surface area contributed by atoms with Crippen molar-refractivity contribution in [1.29, 1.82) is 0 Å². The summed E-state index contributed by atoms with van der Waals surface area (Å²) < 4.78 is 1.66. The van der Waals surface area contributed by atoms with Gasteiger partial charge in [-0.25, -0.2) is 4.68 Å². The van der Waals surface area contributed by atoms with Crippen molar-refractivity contribution in [3.05, 3.63) is 94.3 Å². The molecule has 2 aromatic heterocycles. The Balaban J connectivity index is 1.66. The standard InChI is InChI=1S/C22H18N4O2S/c1-15-7-5-8-16(13-15)20-18(14-26(25-20)17-9-3-2-4-10-17)21(27)23-24-22(28)19-11-6-12-29-19/h2-14H,1H3,(H,23,27)(H,24,28). The van der Waals surface area contributed by atoms with Crippen LogP contribution in [0.5, 0.6) is 0 Å². The van der Waals surface area contributed by atoms with Crippen LogP contribution in [0.15, 0.2) is 78.3 Å². The van der Waals surface area contributed by atoms with E-state index in [0.29, 0.717) is 16.1 Å². The van der Waals surface area contributed by atoms with Crippen LogP contribution in [0.25, 0.3) is 16.9 Å². The van der Waals surface area contributed by atoms with Crippen LogP contribution < -0.4 is 10.9 Å². The molecule has 0 aliphatic heterocycles. The number of carbonyl (C=O) groups excluding carboxylic acids is 2. The second kappa shape index (κ2) is 8.12. The highest BCUT2D eigenvalue weighted by Gasteiger charge is 2.19. The Kier molecular flexibility index (Phi) is 5.22. The first-order valence-electron chi connectivity index (χ1n) is 8.98. The Morgan fingerprint density at radius 3 is 2.45 bits per heavy atom. The number of carbonyl (C=O) groups is 2. The van der Waals surface area contributed by atoms with E-state index in [1.165, 1.54) is 11.3 Å². The summed E-state index contributed by atoms with van der Waals surface area (Å²) >= 11 is 1.30. The molecule has 7 heteroatoms. The van der Waals surface area contributed by atoms with Crippen molar-refractivity contribution in [3.8, 4) is 16.9 Å². The molecule has 0 radical (unpaired) electrons. The molecule has 144 valence electrons. The van der Waals surface area contributed by atoms with Gasteiger partial charge in [0, 0.05) is 11.8 Å². The van der Waals surface area contributed by atoms with Gasteiger partial charge in [0.05, 0.1) is 16.1 Å². The van der Waals surface area contributed by atoms with Crippen LogP contribution in [0.3, 0.4) is 0 Å². The summed E-state index contributed by atoms with van der Waals surface area (Å²) in [6, 6.07) is 20.8. The van der Waals surface area contributed by atoms with E-state index in [9.17, 15) is 9.59 Å². The van der Waals surface area contributed by atoms with E-state index >= 15 is 0 Å². The summed E-state index contributed by atoms with van der Waals surface area (Å²) in [5.41, 5.74) is 8.59. The molecule has 2 heterocycles. The fourth-order valence-corrected chi connectivity index (χ4v) is 3.53. The molecule has 0 saturated heterocycles. The van der Waals surface area contributed by atoms with E-state index in [-0.39, 0.29) is 5.91 Å². The first-order valence-corrected chi connectivity index (χ1v) is 9.86. The first kappa shape index (κ1) is 18.6. The minimum Gasteiger partial charge on any atom is -0.267 e. The quantitative estimate of drug-likeness (QED) is 0.507. The Morgan fingerprint density at radius 2 is 1.72 bits per heavy atom. The topological polar surface area (TPSA) is 76.0 Å². The smallest absolute Gasteiger partial charge is 0.267 e. The summed E-state index contributed by atoms with van der Waals surface area (Å²) in [7, 11) is 0. The molecule has 2 N–H and O–H groups in total. The van der Waals surface area contributed by atoms with Crippen molar-refractivity contribution in [2.45, 2.75) is 6.92 Å². The Hall–Kier alpha value is -3.71. The number of hydrogen-bond acceptors (Lipinski definition) is 4. The molecular formula is C22H18N4O2S. The van der Waals surface area contributed by atoms with E-state index in [1.807, 2.05) is 61.5 Å². The van der Waals surface area contributed by atoms with Gasteiger partial charge in [-0.2, -0.15) is 5.10 Å². The summed E-state index contributed by atoms with van der Waals surface area (Å²) in [5, 5.41) is 6.44. The second-order valence-electron chi connectivity index (χ2n) is 6.43. The third kappa shape index (κ3) is 4.09. The van der Waals surface area contributed by atoms with E-state index in [2.05, 4.69) is 16.0 Å². The van der Waals surface area contributed by atoms with Crippen LogP contribution in [0, 0.1) is 6.92 Å². The lowest BCUT2D eigenvalue weighted by Crippen LogP contribution is -2.41. The van der Waals surface area contributed by atoms with Gasteiger partial charge in [0.25, 0.3) is 11.8 Å². The normalized spacial score (nSPS) is 10.5. The molecule has 0 fully saturated rings. The van der Waals surface area contributed by atoms with Gasteiger partial charge in [-0.15, -0.1) is 11.3 Å². The van der Waals surface area contributed by atoms with Crippen molar-refractivity contribution < 1.29 is 9.59 Å². The fraction of sp³-hybridized carbons (Fsp3) is 0.0455. The highest BCUT2D eigenvalue weighted by Crippen LogP contribution is 2.24. The van der Waals surface area contributed by atoms with Crippen molar-refractivity contribution in [2.75, 3.05) is 0 Å². The molecule has 0 atom stereocenters. The Labute approximate surface area is 171 Å². The van der Waals surface area contributed by atoms with Crippen molar-refractivity contribution in [2.24, 2.45) is 0 Å². The second-order valence-corrected chi connectivity index (χ2v) is 7.37. The highest BCUT2D eigenvalue weighted by atomic mass is 32.1. The van der Waals surface area contributed by atoms with Gasteiger partial charge < -0.3 is 0 Å². The highest BCUT2D eigenvalue weighted by molar-refractivity contribution is 7.12. The van der Waals surface area contributed by atoms with E-state index < -0.39 is 5.91 Å². The molecule has 2 amide bonds. The third-order valence-electron chi connectivity index (χ3n) is 4.31. The molecule has 6 nitrogen and oxygen atoms in total. The first-order chi connectivity index (χ1) is 14.1. The maximum Gasteiger partial charge on any atom is 0.279 e. The number of nitrogens with zero attached hydrogens (tertiary/aromatic N) is 2. The van der Waals surface area contributed by atoms with Crippen molar-refractivity contribution >= 4 is 23.2 Å². The van der Waals surface area contributed by atoms with Gasteiger partial charge in [-0.3, -0.25) is 20.4 Å². The molecule has 0 bridgehead atoms. The zero-order chi connectivity index (χ0) is 20.2. The molecule has 4 aromatic rings. The average Bonchev–Trinajstić information content (AvgIpc) is 3.43. The molecule has 0 spiro atoms. The third-order valence-corrected chi connectivity index (χ3v) is 5.17. The SMILES string of the molecule is Cc1cccc(-c2nn(-c3ccccc3)cc2C(=O)NNC(=O)c2cccs2)c1. The number of rotatable bonds is 4. The van der Waals surface area contributed by atoms with Crippen LogP contribution in [-0.2, 0) is 0 Å². The van der Waals surface area contributed by atoms with Crippen LogP contribution in [0.4, 0.5) is 0 Å². The van der Waals surface area contributed by atoms with E-state index in [1.54, 1.807) is 28.4 Å². The number of hydrogen-bond donors (Lipinski definition) is 2. The minimum atomic E-state index is -0.436. The molecule has 29 heavy (non-hydrogen) atoms. The number of aryl methyl sites for hydroxylation is 1. The van der Waals surface area contributed by atoms with Crippen LogP contribution in [0.2, 0.25) is 0 Å². The zero-order valence-electron chi connectivity index (χ0n) is 15.6. The van der Waals surface area contributed by atoms with Gasteiger partial charge in [0.2, 0.25) is 0 Å². The summed E-state index contributed by atoms with van der Waals surface area (Å²) in [6.07, 6.45) is 1.67. The molecule has 0 aliphatic rings. The van der Waals surface area contributed by atoms with Crippen LogP contribution >= 0.6 is 11.3 Å². The number of thiophene rings is 1. The van der Waals surface area contributed by atoms with Crippen molar-refractivity contribution in [3.63, 3.8) is 0 Å². The monoisotopic (exact) mass is 402 g/mol. The Morgan fingerprint density at radius 1 is 0.931 bits per heavy atom. The summed E-state index contributed by atoms with van der Waals surface area (Å²) in [4.78, 5) is 25.5. The minimum absolute atomic E-state index is 0.360. The lowest BCUT2D eigenvalue weighted by Gasteiger charge is -2.06.